The summed E-state index contributed by atoms with van der Waals surface area (Å²) in [6.45, 7) is 7.21. The van der Waals surface area contributed by atoms with Crippen molar-refractivity contribution in [1.82, 2.24) is 10.3 Å². The van der Waals surface area contributed by atoms with Gasteiger partial charge in [0.1, 0.15) is 11.6 Å². The molecule has 0 radical (unpaired) electrons. The van der Waals surface area contributed by atoms with Gasteiger partial charge in [0.25, 0.3) is 0 Å². The van der Waals surface area contributed by atoms with Gasteiger partial charge in [0.05, 0.1) is 12.2 Å². The van der Waals surface area contributed by atoms with E-state index in [1.807, 2.05) is 26.8 Å². The van der Waals surface area contributed by atoms with Crippen LogP contribution in [0.4, 0.5) is 4.39 Å². The van der Waals surface area contributed by atoms with Gasteiger partial charge < -0.3 is 9.73 Å². The predicted octanol–water partition coefficient (Wildman–Crippen LogP) is 3.07. The Labute approximate surface area is 112 Å². The van der Waals surface area contributed by atoms with E-state index in [9.17, 15) is 4.39 Å². The first-order valence-electron chi connectivity index (χ1n) is 6.45. The van der Waals surface area contributed by atoms with Gasteiger partial charge in [0, 0.05) is 0 Å². The van der Waals surface area contributed by atoms with Crippen LogP contribution in [0.5, 0.6) is 0 Å². The average molecular weight is 262 g/mol. The van der Waals surface area contributed by atoms with Gasteiger partial charge in [-0.1, -0.05) is 6.07 Å². The predicted molar refractivity (Wildman–Crippen MR) is 72.5 cm³/mol. The summed E-state index contributed by atoms with van der Waals surface area (Å²) in [6, 6.07) is 4.91. The Bertz CT molecular complexity index is 544. The molecule has 0 bridgehead atoms. The van der Waals surface area contributed by atoms with Crippen LogP contribution in [0, 0.1) is 26.6 Å². The molecule has 0 spiro atoms. The maximum absolute atomic E-state index is 13.0. The molecule has 2 aromatic rings. The number of oxazole rings is 1. The highest BCUT2D eigenvalue weighted by atomic mass is 19.1. The number of hydrogen-bond acceptors (Lipinski definition) is 3. The molecule has 0 aliphatic heterocycles. The number of nitrogens with one attached hydrogen (secondary N) is 1. The third-order valence-corrected chi connectivity index (χ3v) is 3.22. The first-order valence-corrected chi connectivity index (χ1v) is 6.45. The molecule has 0 saturated carbocycles. The summed E-state index contributed by atoms with van der Waals surface area (Å²) in [5, 5.41) is 3.28. The lowest BCUT2D eigenvalue weighted by molar-refractivity contribution is 0.450. The van der Waals surface area contributed by atoms with E-state index in [0.29, 0.717) is 12.4 Å². The van der Waals surface area contributed by atoms with E-state index in [1.54, 1.807) is 6.07 Å². The molecule has 3 nitrogen and oxygen atoms in total. The van der Waals surface area contributed by atoms with E-state index in [1.165, 1.54) is 6.07 Å². The summed E-state index contributed by atoms with van der Waals surface area (Å²) in [7, 11) is 0. The number of nitrogens with zero attached hydrogens (tertiary/aromatic N) is 1. The second-order valence-electron chi connectivity index (χ2n) is 4.75. The minimum absolute atomic E-state index is 0.181. The van der Waals surface area contributed by atoms with Gasteiger partial charge in [0.15, 0.2) is 0 Å². The molecule has 0 saturated heterocycles. The lowest BCUT2D eigenvalue weighted by atomic mass is 10.1. The van der Waals surface area contributed by atoms with Crippen LogP contribution >= 0.6 is 0 Å². The Morgan fingerprint density at radius 2 is 2.05 bits per heavy atom. The van der Waals surface area contributed by atoms with Crippen molar-refractivity contribution >= 4 is 0 Å². The largest absolute Gasteiger partial charge is 0.444 e. The number of halogens is 1. The molecule has 0 fully saturated rings. The van der Waals surface area contributed by atoms with Crippen molar-refractivity contribution in [3.63, 3.8) is 0 Å². The van der Waals surface area contributed by atoms with E-state index in [0.717, 1.165) is 35.5 Å². The number of benzene rings is 1. The molecular weight excluding hydrogens is 243 g/mol. The van der Waals surface area contributed by atoms with Crippen molar-refractivity contribution in [2.75, 3.05) is 6.54 Å². The molecule has 102 valence electrons. The van der Waals surface area contributed by atoms with Crippen LogP contribution in [0.1, 0.15) is 28.5 Å². The van der Waals surface area contributed by atoms with E-state index < -0.39 is 0 Å². The van der Waals surface area contributed by atoms with Gasteiger partial charge in [-0.05, 0) is 57.0 Å². The third kappa shape index (κ3) is 3.64. The summed E-state index contributed by atoms with van der Waals surface area (Å²) in [6.07, 6.45) is 0.866. The Balaban J connectivity index is 1.80. The summed E-state index contributed by atoms with van der Waals surface area (Å²) in [4.78, 5) is 4.31. The molecule has 0 aliphatic rings. The van der Waals surface area contributed by atoms with E-state index in [2.05, 4.69) is 10.3 Å². The number of aryl methyl sites for hydroxylation is 3. The molecular formula is C15H19FN2O. The van der Waals surface area contributed by atoms with Crippen molar-refractivity contribution in [2.24, 2.45) is 0 Å². The first kappa shape index (κ1) is 13.7. The Morgan fingerprint density at radius 1 is 1.26 bits per heavy atom. The third-order valence-electron chi connectivity index (χ3n) is 3.22. The van der Waals surface area contributed by atoms with Gasteiger partial charge >= 0.3 is 0 Å². The molecule has 2 rings (SSSR count). The lowest BCUT2D eigenvalue weighted by Gasteiger charge is -2.06. The zero-order valence-corrected chi connectivity index (χ0v) is 11.6. The fraction of sp³-hybridized carbons (Fsp3) is 0.400. The standard InChI is InChI=1S/C15H19FN2O/c1-10-8-14(16)5-4-13(10)6-7-17-9-15-18-11(2)12(3)19-15/h4-5,8,17H,6-7,9H2,1-3H3. The monoisotopic (exact) mass is 262 g/mol. The van der Waals surface area contributed by atoms with Crippen molar-refractivity contribution in [1.29, 1.82) is 0 Å². The quantitative estimate of drug-likeness (QED) is 0.841. The SMILES string of the molecule is Cc1cc(F)ccc1CCNCc1nc(C)c(C)o1. The first-order chi connectivity index (χ1) is 9.06. The molecule has 0 atom stereocenters. The van der Waals surface area contributed by atoms with Crippen molar-refractivity contribution in [3.8, 4) is 0 Å². The van der Waals surface area contributed by atoms with Crippen molar-refractivity contribution in [2.45, 2.75) is 33.7 Å². The van der Waals surface area contributed by atoms with E-state index in [4.69, 9.17) is 4.42 Å². The summed E-state index contributed by atoms with van der Waals surface area (Å²) in [5.41, 5.74) is 3.09. The second kappa shape index (κ2) is 5.97. The Kier molecular flexibility index (Phi) is 4.32. The van der Waals surface area contributed by atoms with Gasteiger partial charge in [-0.25, -0.2) is 9.37 Å². The van der Waals surface area contributed by atoms with Crippen LogP contribution < -0.4 is 5.32 Å². The van der Waals surface area contributed by atoms with Crippen LogP contribution in [0.15, 0.2) is 22.6 Å². The summed E-state index contributed by atoms with van der Waals surface area (Å²) >= 11 is 0. The normalized spacial score (nSPS) is 10.9. The molecule has 4 heteroatoms. The fourth-order valence-electron chi connectivity index (χ4n) is 1.97. The maximum Gasteiger partial charge on any atom is 0.208 e. The molecule has 0 unspecified atom stereocenters. The molecule has 0 amide bonds. The molecule has 0 aliphatic carbocycles. The van der Waals surface area contributed by atoms with Gasteiger partial charge in [-0.15, -0.1) is 0 Å². The smallest absolute Gasteiger partial charge is 0.208 e. The molecule has 1 aromatic heterocycles. The topological polar surface area (TPSA) is 38.1 Å². The zero-order valence-electron chi connectivity index (χ0n) is 11.6. The highest BCUT2D eigenvalue weighted by molar-refractivity contribution is 5.26. The van der Waals surface area contributed by atoms with Gasteiger partial charge in [-0.3, -0.25) is 0 Å². The molecule has 1 aromatic carbocycles. The van der Waals surface area contributed by atoms with Gasteiger partial charge in [-0.2, -0.15) is 0 Å². The van der Waals surface area contributed by atoms with Crippen LogP contribution in [0.2, 0.25) is 0 Å². The number of hydrogen-bond donors (Lipinski definition) is 1. The average Bonchev–Trinajstić information content (AvgIpc) is 2.66. The highest BCUT2D eigenvalue weighted by Gasteiger charge is 2.05. The van der Waals surface area contributed by atoms with Crippen LogP contribution in [-0.4, -0.2) is 11.5 Å². The Hall–Kier alpha value is -1.68. The zero-order chi connectivity index (χ0) is 13.8. The van der Waals surface area contributed by atoms with E-state index >= 15 is 0 Å². The van der Waals surface area contributed by atoms with Crippen LogP contribution in [0.3, 0.4) is 0 Å². The van der Waals surface area contributed by atoms with E-state index in [-0.39, 0.29) is 5.82 Å². The van der Waals surface area contributed by atoms with Crippen LogP contribution in [-0.2, 0) is 13.0 Å². The fourth-order valence-corrected chi connectivity index (χ4v) is 1.97. The van der Waals surface area contributed by atoms with Crippen molar-refractivity contribution in [3.05, 3.63) is 52.5 Å². The van der Waals surface area contributed by atoms with Gasteiger partial charge in [0.2, 0.25) is 5.89 Å². The molecule has 1 N–H and O–H groups in total. The summed E-state index contributed by atoms with van der Waals surface area (Å²) < 4.78 is 18.4. The second-order valence-corrected chi connectivity index (χ2v) is 4.75. The van der Waals surface area contributed by atoms with Crippen LogP contribution in [0.25, 0.3) is 0 Å². The maximum atomic E-state index is 13.0. The van der Waals surface area contributed by atoms with Crippen molar-refractivity contribution < 1.29 is 8.81 Å². The molecule has 1 heterocycles. The Morgan fingerprint density at radius 3 is 2.68 bits per heavy atom. The lowest BCUT2D eigenvalue weighted by Crippen LogP contribution is -2.17. The summed E-state index contributed by atoms with van der Waals surface area (Å²) in [5.74, 6) is 1.40. The number of rotatable bonds is 5. The molecule has 19 heavy (non-hydrogen) atoms. The highest BCUT2D eigenvalue weighted by Crippen LogP contribution is 2.11. The minimum Gasteiger partial charge on any atom is -0.444 e. The number of aromatic nitrogens is 1. The minimum atomic E-state index is -0.181.